The van der Waals surface area contributed by atoms with Gasteiger partial charge in [-0.1, -0.05) is 11.3 Å². The van der Waals surface area contributed by atoms with Crippen molar-refractivity contribution in [3.05, 3.63) is 39.9 Å². The van der Waals surface area contributed by atoms with Crippen LogP contribution in [0.4, 0.5) is 4.39 Å². The summed E-state index contributed by atoms with van der Waals surface area (Å²) in [7, 11) is 0. The minimum Gasteiger partial charge on any atom is -0.499 e. The van der Waals surface area contributed by atoms with Crippen molar-refractivity contribution in [1.82, 2.24) is 4.90 Å². The second-order valence-electron chi connectivity index (χ2n) is 5.67. The Morgan fingerprint density at radius 1 is 1.42 bits per heavy atom. The van der Waals surface area contributed by atoms with Crippen LogP contribution in [0.2, 0.25) is 0 Å². The van der Waals surface area contributed by atoms with E-state index in [2.05, 4.69) is 0 Å². The highest BCUT2D eigenvalue weighted by Gasteiger charge is 2.44. The summed E-state index contributed by atoms with van der Waals surface area (Å²) in [6.07, 6.45) is -1.16. The summed E-state index contributed by atoms with van der Waals surface area (Å²) in [5.41, 5.74) is 1.15. The van der Waals surface area contributed by atoms with Gasteiger partial charge in [-0.2, -0.15) is 0 Å². The van der Waals surface area contributed by atoms with E-state index in [1.807, 2.05) is 0 Å². The molecule has 0 spiro atoms. The first-order chi connectivity index (χ1) is 11.3. The molecule has 0 fully saturated rings. The van der Waals surface area contributed by atoms with Crippen LogP contribution in [0.1, 0.15) is 29.4 Å². The van der Waals surface area contributed by atoms with Crippen LogP contribution in [0.3, 0.4) is 0 Å². The fourth-order valence-corrected chi connectivity index (χ4v) is 3.82. The molecule has 0 saturated heterocycles. The van der Waals surface area contributed by atoms with Crippen molar-refractivity contribution in [2.45, 2.75) is 32.0 Å². The molecule has 8 heteroatoms. The van der Waals surface area contributed by atoms with Gasteiger partial charge in [-0.3, -0.25) is 14.4 Å². The number of aromatic hydroxyl groups is 1. The third-order valence-corrected chi connectivity index (χ3v) is 5.08. The first-order valence-corrected chi connectivity index (χ1v) is 8.05. The molecule has 1 aliphatic heterocycles. The summed E-state index contributed by atoms with van der Waals surface area (Å²) in [6.45, 7) is 1.58. The lowest BCUT2D eigenvalue weighted by Crippen LogP contribution is -2.40. The number of hydrogen-bond donors (Lipinski definition) is 2. The molecule has 0 saturated carbocycles. The SMILES string of the molecule is CC1=C(CC(=O)O)C2=CC(=O)C(F)CC2N1C(=O)c1ccc(O)s1. The van der Waals surface area contributed by atoms with Crippen LogP contribution in [0.15, 0.2) is 35.1 Å². The molecule has 1 aromatic rings. The number of allylic oxidation sites excluding steroid dienone is 2. The first kappa shape index (κ1) is 16.4. The Kier molecular flexibility index (Phi) is 4.00. The van der Waals surface area contributed by atoms with Gasteiger partial charge in [0.15, 0.2) is 17.0 Å². The Hall–Kier alpha value is -2.48. The predicted molar refractivity (Wildman–Crippen MR) is 83.5 cm³/mol. The number of amides is 1. The van der Waals surface area contributed by atoms with Crippen LogP contribution in [-0.4, -0.2) is 45.0 Å². The van der Waals surface area contributed by atoms with Gasteiger partial charge in [0, 0.05) is 12.1 Å². The van der Waals surface area contributed by atoms with Gasteiger partial charge in [0.1, 0.15) is 0 Å². The van der Waals surface area contributed by atoms with E-state index in [0.717, 1.165) is 17.4 Å². The number of halogens is 1. The first-order valence-electron chi connectivity index (χ1n) is 7.23. The number of hydrogen-bond acceptors (Lipinski definition) is 5. The number of aliphatic carboxylic acids is 1. The van der Waals surface area contributed by atoms with Crippen molar-refractivity contribution in [1.29, 1.82) is 0 Å². The topological polar surface area (TPSA) is 94.9 Å². The lowest BCUT2D eigenvalue weighted by atomic mass is 9.88. The van der Waals surface area contributed by atoms with E-state index in [-0.39, 0.29) is 22.8 Å². The van der Waals surface area contributed by atoms with Crippen molar-refractivity contribution in [2.75, 3.05) is 0 Å². The van der Waals surface area contributed by atoms with Gasteiger partial charge in [0.25, 0.3) is 5.91 Å². The Morgan fingerprint density at radius 3 is 2.71 bits per heavy atom. The van der Waals surface area contributed by atoms with Gasteiger partial charge in [-0.15, -0.1) is 0 Å². The molecule has 1 amide bonds. The second-order valence-corrected chi connectivity index (χ2v) is 6.73. The molecule has 2 N–H and O–H groups in total. The number of thiophene rings is 1. The average molecular weight is 351 g/mol. The number of rotatable bonds is 3. The van der Waals surface area contributed by atoms with Crippen LogP contribution >= 0.6 is 11.3 Å². The fraction of sp³-hybridized carbons (Fsp3) is 0.312. The molecule has 2 heterocycles. The van der Waals surface area contributed by atoms with E-state index < -0.39 is 29.9 Å². The zero-order chi connectivity index (χ0) is 17.6. The number of carboxylic acid groups (broad SMARTS) is 1. The van der Waals surface area contributed by atoms with Crippen LogP contribution < -0.4 is 0 Å². The molecule has 0 aromatic carbocycles. The third kappa shape index (κ3) is 2.62. The van der Waals surface area contributed by atoms with E-state index in [1.54, 1.807) is 6.92 Å². The molecule has 6 nitrogen and oxygen atoms in total. The number of alkyl halides is 1. The van der Waals surface area contributed by atoms with Crippen molar-refractivity contribution in [3.8, 4) is 5.06 Å². The summed E-state index contributed by atoms with van der Waals surface area (Å²) in [5, 5.41) is 18.5. The molecule has 1 aromatic heterocycles. The molecule has 0 bridgehead atoms. The lowest BCUT2D eigenvalue weighted by molar-refractivity contribution is -0.136. The molecule has 2 atom stereocenters. The molecule has 1 aliphatic carbocycles. The van der Waals surface area contributed by atoms with Crippen LogP contribution in [0.25, 0.3) is 0 Å². The molecule has 2 unspecified atom stereocenters. The van der Waals surface area contributed by atoms with Gasteiger partial charge >= 0.3 is 5.97 Å². The second kappa shape index (κ2) is 5.86. The zero-order valence-electron chi connectivity index (χ0n) is 12.7. The van der Waals surface area contributed by atoms with Crippen molar-refractivity contribution >= 4 is 29.0 Å². The molecule has 3 rings (SSSR count). The van der Waals surface area contributed by atoms with Gasteiger partial charge in [0.2, 0.25) is 0 Å². The van der Waals surface area contributed by atoms with Gasteiger partial charge in [-0.05, 0) is 36.3 Å². The summed E-state index contributed by atoms with van der Waals surface area (Å²) < 4.78 is 13.9. The Balaban J connectivity index is 2.06. The molecule has 24 heavy (non-hydrogen) atoms. The zero-order valence-corrected chi connectivity index (χ0v) is 13.5. The lowest BCUT2D eigenvalue weighted by Gasteiger charge is -2.29. The highest BCUT2D eigenvalue weighted by molar-refractivity contribution is 7.15. The molecule has 2 aliphatic rings. The minimum absolute atomic E-state index is 0.0251. The predicted octanol–water partition coefficient (Wildman–Crippen LogP) is 2.26. The van der Waals surface area contributed by atoms with E-state index in [9.17, 15) is 23.9 Å². The maximum absolute atomic E-state index is 13.9. The number of carbonyl (C=O) groups excluding carboxylic acids is 2. The highest BCUT2D eigenvalue weighted by Crippen LogP contribution is 2.42. The largest absolute Gasteiger partial charge is 0.499 e. The van der Waals surface area contributed by atoms with Gasteiger partial charge in [-0.25, -0.2) is 4.39 Å². The Bertz CT molecular complexity index is 809. The normalized spacial score (nSPS) is 23.3. The molecule has 126 valence electrons. The maximum atomic E-state index is 13.9. The fourth-order valence-electron chi connectivity index (χ4n) is 3.14. The molecular weight excluding hydrogens is 337 g/mol. The number of carbonyl (C=O) groups is 3. The van der Waals surface area contributed by atoms with E-state index in [4.69, 9.17) is 5.11 Å². The Morgan fingerprint density at radius 2 is 2.12 bits per heavy atom. The third-order valence-electron chi connectivity index (χ3n) is 4.20. The van der Waals surface area contributed by atoms with Crippen molar-refractivity contribution < 1.29 is 29.0 Å². The van der Waals surface area contributed by atoms with Gasteiger partial charge < -0.3 is 15.1 Å². The van der Waals surface area contributed by atoms with Crippen molar-refractivity contribution in [2.24, 2.45) is 0 Å². The highest BCUT2D eigenvalue weighted by atomic mass is 32.1. The van der Waals surface area contributed by atoms with Crippen LogP contribution in [-0.2, 0) is 9.59 Å². The quantitative estimate of drug-likeness (QED) is 0.871. The average Bonchev–Trinajstić information content (AvgIpc) is 3.03. The maximum Gasteiger partial charge on any atom is 0.307 e. The van der Waals surface area contributed by atoms with Crippen LogP contribution in [0.5, 0.6) is 5.06 Å². The minimum atomic E-state index is -1.72. The van der Waals surface area contributed by atoms with Crippen LogP contribution in [0, 0.1) is 0 Å². The van der Waals surface area contributed by atoms with E-state index >= 15 is 0 Å². The monoisotopic (exact) mass is 351 g/mol. The summed E-state index contributed by atoms with van der Waals surface area (Å²) >= 11 is 0.886. The number of fused-ring (bicyclic) bond motifs is 1. The molecular formula is C16H14FNO5S. The number of carboxylic acids is 1. The molecule has 0 radical (unpaired) electrons. The summed E-state index contributed by atoms with van der Waals surface area (Å²) in [6, 6.07) is 2.13. The number of ketones is 1. The Labute approximate surface area is 140 Å². The van der Waals surface area contributed by atoms with E-state index in [0.29, 0.717) is 16.8 Å². The summed E-state index contributed by atoms with van der Waals surface area (Å²) in [4.78, 5) is 37.1. The van der Waals surface area contributed by atoms with Gasteiger partial charge in [0.05, 0.1) is 17.3 Å². The smallest absolute Gasteiger partial charge is 0.307 e. The van der Waals surface area contributed by atoms with Crippen molar-refractivity contribution in [3.63, 3.8) is 0 Å². The number of nitrogens with zero attached hydrogens (tertiary/aromatic N) is 1. The standard InChI is InChI=1S/C16H14FNO5S/c1-7-8(5-14(20)21)9-4-12(19)10(17)6-11(9)18(7)16(23)13-2-3-15(22)24-13/h2-4,10-11,22H,5-6H2,1H3,(H,20,21). The summed E-state index contributed by atoms with van der Waals surface area (Å²) in [5.74, 6) is -2.25. The van der Waals surface area contributed by atoms with E-state index in [1.165, 1.54) is 17.0 Å².